The maximum absolute atomic E-state index is 12.1. The second-order valence-corrected chi connectivity index (χ2v) is 17.6. The minimum Gasteiger partial charge on any atom is -0.790 e. The molecular weight excluding hydrogens is 847 g/mol. The van der Waals surface area contributed by atoms with E-state index >= 15 is 0 Å². The molecule has 1 aliphatic rings. The van der Waals surface area contributed by atoms with Crippen molar-refractivity contribution in [1.82, 2.24) is 9.55 Å². The van der Waals surface area contributed by atoms with Gasteiger partial charge >= 0.3 is 5.69 Å². The number of phosphoric acid groups is 3. The molecule has 0 amide bonds. The molecule has 24 heteroatoms. The van der Waals surface area contributed by atoms with Crippen LogP contribution in [0.3, 0.4) is 0 Å². The van der Waals surface area contributed by atoms with Crippen molar-refractivity contribution < 1.29 is 75.9 Å². The highest BCUT2D eigenvalue weighted by molar-refractivity contribution is 7.64. The summed E-state index contributed by atoms with van der Waals surface area (Å²) in [5.74, 6) is 0. The monoisotopic (exact) mass is 927 g/mol. The maximum atomic E-state index is 12.1. The van der Waals surface area contributed by atoms with Crippen molar-refractivity contribution in [3.8, 4) is 0 Å². The SMILES string of the molecule is C=CCNc1cn([C@H]2C[C@H](O)[C@@H](COP(=O)([O-])OP(=O)([O-])OP(=O)([O-])[O-])O2)c(=O)[nH]c1=O.CC[NH+](CC)CC.CC[NH+](CC)CC.CC[NH+](CC)CC.CC[NH+](CC)CC. The highest BCUT2D eigenvalue weighted by Gasteiger charge is 2.37. The van der Waals surface area contributed by atoms with Crippen LogP contribution in [0.5, 0.6) is 0 Å². The van der Waals surface area contributed by atoms with Crippen molar-refractivity contribution in [3.05, 3.63) is 39.7 Å². The summed E-state index contributed by atoms with van der Waals surface area (Å²) >= 11 is 0. The first kappa shape index (κ1) is 62.7. The van der Waals surface area contributed by atoms with Gasteiger partial charge in [-0.2, -0.15) is 0 Å². The molecule has 0 aromatic carbocycles. The first-order valence-electron chi connectivity index (χ1n) is 21.1. The van der Waals surface area contributed by atoms with Gasteiger partial charge in [0.15, 0.2) is 0 Å². The lowest BCUT2D eigenvalue weighted by Gasteiger charge is -2.37. The summed E-state index contributed by atoms with van der Waals surface area (Å²) in [6.07, 6.45) is -1.74. The highest BCUT2D eigenvalue weighted by atomic mass is 31.3. The number of hydrogen-bond donors (Lipinski definition) is 7. The van der Waals surface area contributed by atoms with Crippen LogP contribution in [0, 0.1) is 0 Å². The van der Waals surface area contributed by atoms with Gasteiger partial charge < -0.3 is 63.4 Å². The molecule has 2 rings (SSSR count). The molecular formula is C36H80N7O14P3. The fourth-order valence-electron chi connectivity index (χ4n) is 5.49. The van der Waals surface area contributed by atoms with Crippen molar-refractivity contribution in [3.63, 3.8) is 0 Å². The Kier molecular flexibility index (Phi) is 36.4. The van der Waals surface area contributed by atoms with Gasteiger partial charge in [-0.1, -0.05) is 6.08 Å². The van der Waals surface area contributed by atoms with Crippen molar-refractivity contribution in [2.75, 3.05) is 97.0 Å². The molecule has 0 radical (unpaired) electrons. The molecule has 2 heterocycles. The Labute approximate surface area is 358 Å². The zero-order valence-corrected chi connectivity index (χ0v) is 40.9. The molecule has 0 aliphatic carbocycles. The van der Waals surface area contributed by atoms with Gasteiger partial charge in [0, 0.05) is 19.2 Å². The van der Waals surface area contributed by atoms with E-state index in [1.54, 1.807) is 19.6 Å². The third-order valence-corrected chi connectivity index (χ3v) is 13.4. The van der Waals surface area contributed by atoms with Crippen molar-refractivity contribution in [2.24, 2.45) is 0 Å². The molecule has 2 unspecified atom stereocenters. The van der Waals surface area contributed by atoms with Gasteiger partial charge in [0.05, 0.1) is 99.1 Å². The lowest BCUT2D eigenvalue weighted by Crippen LogP contribution is -3.11. The quantitative estimate of drug-likeness (QED) is 0.0411. The number of quaternary nitrogens is 4. The van der Waals surface area contributed by atoms with Gasteiger partial charge in [-0.25, -0.2) is 9.11 Å². The Morgan fingerprint density at radius 2 is 1.13 bits per heavy atom. The zero-order valence-electron chi connectivity index (χ0n) is 38.2. The van der Waals surface area contributed by atoms with Crippen LogP contribution < -0.4 is 55.7 Å². The van der Waals surface area contributed by atoms with E-state index in [0.29, 0.717) is 0 Å². The number of ether oxygens (including phenoxy) is 1. The Bertz CT molecular complexity index is 1430. The number of rotatable bonds is 23. The van der Waals surface area contributed by atoms with Gasteiger partial charge in [-0.15, -0.1) is 6.58 Å². The summed E-state index contributed by atoms with van der Waals surface area (Å²) in [4.78, 5) is 75.9. The van der Waals surface area contributed by atoms with Crippen LogP contribution in [0.25, 0.3) is 0 Å². The molecule has 1 fully saturated rings. The van der Waals surface area contributed by atoms with E-state index in [9.17, 15) is 48.0 Å². The number of anilines is 1. The number of aromatic nitrogens is 2. The number of aliphatic hydroxyl groups is 1. The molecule has 1 saturated heterocycles. The Hall–Kier alpha value is -1.61. The lowest BCUT2D eigenvalue weighted by molar-refractivity contribution is -0.894. The minimum atomic E-state index is -6.13. The van der Waals surface area contributed by atoms with E-state index in [4.69, 9.17) is 4.74 Å². The molecule has 21 nitrogen and oxygen atoms in total. The van der Waals surface area contributed by atoms with E-state index < -0.39 is 59.8 Å². The topological polar surface area (TPSA) is 285 Å². The van der Waals surface area contributed by atoms with E-state index in [0.717, 1.165) is 10.8 Å². The molecule has 60 heavy (non-hydrogen) atoms. The number of aliphatic hydroxyl groups excluding tert-OH is 1. The van der Waals surface area contributed by atoms with Crippen molar-refractivity contribution >= 4 is 29.2 Å². The molecule has 0 bridgehead atoms. The third kappa shape index (κ3) is 29.6. The van der Waals surface area contributed by atoms with Gasteiger partial charge in [0.1, 0.15) is 18.0 Å². The van der Waals surface area contributed by atoms with E-state index in [1.807, 2.05) is 4.98 Å². The molecule has 358 valence electrons. The predicted octanol–water partition coefficient (Wildman–Crippen LogP) is -3.68. The summed E-state index contributed by atoms with van der Waals surface area (Å²) in [5.41, 5.74) is -1.67. The van der Waals surface area contributed by atoms with Crippen LogP contribution in [0.4, 0.5) is 5.69 Å². The fourth-order valence-corrected chi connectivity index (χ4v) is 8.36. The van der Waals surface area contributed by atoms with Crippen LogP contribution in [-0.4, -0.2) is 119 Å². The lowest BCUT2D eigenvalue weighted by atomic mass is 10.2. The summed E-state index contributed by atoms with van der Waals surface area (Å²) in [6.45, 7) is 44.6. The van der Waals surface area contributed by atoms with Crippen LogP contribution in [0.15, 0.2) is 28.4 Å². The average Bonchev–Trinajstić information content (AvgIpc) is 3.56. The minimum absolute atomic E-state index is 0.0278. The fraction of sp³-hybridized carbons (Fsp3) is 0.833. The van der Waals surface area contributed by atoms with Crippen LogP contribution >= 0.6 is 23.5 Å². The number of nitrogens with one attached hydrogen (secondary N) is 6. The highest BCUT2D eigenvalue weighted by Crippen LogP contribution is 2.60. The summed E-state index contributed by atoms with van der Waals surface area (Å²) in [7, 11) is -18.1. The standard InChI is InChI=1S/C12H20N3O14P3.4C6H15N/c1-2-3-13-7-5-15(12(18)14-11(7)17)10-4-8(16)9(27-10)6-26-31(22,23)29-32(24,25)28-30(19,20)21;4*1-4-7(5-2)6-3/h2,5,8-10,13,16H,1,3-4,6H2,(H,22,23)(H,24,25)(H,14,17,18)(H2,19,20,21);4*4-6H2,1-3H3/t8-,9+,10+;;;;/m0..../s1. The third-order valence-electron chi connectivity index (χ3n) is 9.72. The number of hydrogen-bond acceptors (Lipinski definition) is 15. The summed E-state index contributed by atoms with van der Waals surface area (Å²) in [6, 6.07) is 0. The Morgan fingerprint density at radius 3 is 1.45 bits per heavy atom. The Morgan fingerprint density at radius 1 is 0.750 bits per heavy atom. The average molecular weight is 928 g/mol. The summed E-state index contributed by atoms with van der Waals surface area (Å²) < 4.78 is 49.9. The first-order valence-corrected chi connectivity index (χ1v) is 25.5. The second-order valence-electron chi connectivity index (χ2n) is 13.4. The van der Waals surface area contributed by atoms with Crippen LogP contribution in [0.2, 0.25) is 0 Å². The number of phosphoric ester groups is 1. The normalized spacial score (nSPS) is 18.2. The molecule has 1 aromatic heterocycles. The van der Waals surface area contributed by atoms with E-state index in [2.05, 4.69) is 108 Å². The van der Waals surface area contributed by atoms with E-state index in [1.165, 1.54) is 84.6 Å². The zero-order chi connectivity index (χ0) is 47.1. The van der Waals surface area contributed by atoms with Crippen LogP contribution in [-0.2, 0) is 31.6 Å². The predicted molar refractivity (Wildman–Crippen MR) is 226 cm³/mol. The van der Waals surface area contributed by atoms with Gasteiger partial charge in [-0.3, -0.25) is 27.8 Å². The van der Waals surface area contributed by atoms with Crippen LogP contribution in [0.1, 0.15) is 95.7 Å². The second kappa shape index (κ2) is 34.8. The molecule has 1 aliphatic heterocycles. The smallest absolute Gasteiger partial charge is 0.330 e. The van der Waals surface area contributed by atoms with Gasteiger partial charge in [0.2, 0.25) is 0 Å². The van der Waals surface area contributed by atoms with Gasteiger partial charge in [0.25, 0.3) is 21.2 Å². The van der Waals surface area contributed by atoms with Gasteiger partial charge in [-0.05, 0) is 83.1 Å². The van der Waals surface area contributed by atoms with Crippen molar-refractivity contribution in [1.29, 1.82) is 0 Å². The van der Waals surface area contributed by atoms with Crippen molar-refractivity contribution in [2.45, 2.75) is 108 Å². The molecule has 0 saturated carbocycles. The maximum Gasteiger partial charge on any atom is 0.330 e. The molecule has 7 N–H and O–H groups in total. The molecule has 5 atom stereocenters. The molecule has 1 aromatic rings. The number of aromatic amines is 1. The number of nitrogens with zero attached hydrogens (tertiary/aromatic N) is 1. The number of H-pyrrole nitrogens is 1. The first-order chi connectivity index (χ1) is 28.0. The molecule has 0 spiro atoms. The van der Waals surface area contributed by atoms with E-state index in [-0.39, 0.29) is 18.7 Å². The largest absolute Gasteiger partial charge is 0.790 e. The summed E-state index contributed by atoms with van der Waals surface area (Å²) in [5, 5.41) is 12.7. The Balaban J connectivity index is -0.000000930.